The van der Waals surface area contributed by atoms with Gasteiger partial charge in [0.15, 0.2) is 0 Å². The van der Waals surface area contributed by atoms with E-state index in [1.165, 1.54) is 0 Å². The van der Waals surface area contributed by atoms with Crippen molar-refractivity contribution in [1.82, 2.24) is 10.2 Å². The highest BCUT2D eigenvalue weighted by atomic mass is 32.2. The molecule has 1 aromatic heterocycles. The zero-order valence-corrected chi connectivity index (χ0v) is 12.5. The molecule has 3 rings (SSSR count). The first-order valence-corrected chi connectivity index (χ1v) is 7.97. The number of sulfonamides is 1. The highest BCUT2D eigenvalue weighted by molar-refractivity contribution is 7.92. The fourth-order valence-electron chi connectivity index (χ4n) is 2.13. The topological polar surface area (TPSA) is 74.8 Å². The van der Waals surface area contributed by atoms with Crippen molar-refractivity contribution in [1.29, 1.82) is 0 Å². The maximum atomic E-state index is 12.4. The van der Waals surface area contributed by atoms with E-state index in [-0.39, 0.29) is 4.90 Å². The molecule has 0 atom stereocenters. The third kappa shape index (κ3) is 2.62. The summed E-state index contributed by atoms with van der Waals surface area (Å²) in [5.74, 6) is 0. The number of nitrogens with zero attached hydrogens (tertiary/aromatic N) is 1. The number of hydrogen-bond acceptors (Lipinski definition) is 3. The predicted molar refractivity (Wildman–Crippen MR) is 82.8 cm³/mol. The summed E-state index contributed by atoms with van der Waals surface area (Å²) in [6, 6.07) is 10.4. The molecule has 0 radical (unpaired) electrons. The van der Waals surface area contributed by atoms with Crippen LogP contribution in [0.4, 0.5) is 5.69 Å². The Hall–Kier alpha value is -2.34. The van der Waals surface area contributed by atoms with Gasteiger partial charge in [-0.1, -0.05) is 17.7 Å². The average Bonchev–Trinajstić information content (AvgIpc) is 2.86. The molecule has 0 aliphatic rings. The lowest BCUT2D eigenvalue weighted by molar-refractivity contribution is 0.601. The Bertz CT molecular complexity index is 896. The molecular weight excluding hydrogens is 286 g/mol. The molecule has 21 heavy (non-hydrogen) atoms. The molecule has 3 aromatic rings. The van der Waals surface area contributed by atoms with Gasteiger partial charge >= 0.3 is 0 Å². The number of H-pyrrole nitrogens is 1. The fraction of sp³-hybridized carbons (Fsp3) is 0.133. The van der Waals surface area contributed by atoms with Crippen molar-refractivity contribution < 1.29 is 8.42 Å². The molecule has 1 heterocycles. The molecule has 5 nitrogen and oxygen atoms in total. The van der Waals surface area contributed by atoms with Crippen molar-refractivity contribution in [2.75, 3.05) is 4.72 Å². The molecule has 0 saturated heterocycles. The van der Waals surface area contributed by atoms with Gasteiger partial charge in [-0.05, 0) is 43.7 Å². The highest BCUT2D eigenvalue weighted by Crippen LogP contribution is 2.24. The Morgan fingerprint density at radius 3 is 2.52 bits per heavy atom. The lowest BCUT2D eigenvalue weighted by atomic mass is 10.1. The summed E-state index contributed by atoms with van der Waals surface area (Å²) < 4.78 is 27.4. The van der Waals surface area contributed by atoms with Crippen LogP contribution in [0.15, 0.2) is 47.5 Å². The summed E-state index contributed by atoms with van der Waals surface area (Å²) in [7, 11) is -3.58. The molecule has 0 unspecified atom stereocenters. The minimum Gasteiger partial charge on any atom is -0.279 e. The van der Waals surface area contributed by atoms with E-state index in [4.69, 9.17) is 0 Å². The van der Waals surface area contributed by atoms with E-state index in [0.29, 0.717) is 5.69 Å². The van der Waals surface area contributed by atoms with Gasteiger partial charge in [-0.3, -0.25) is 9.82 Å². The Balaban J connectivity index is 2.00. The van der Waals surface area contributed by atoms with Gasteiger partial charge in [0, 0.05) is 5.39 Å². The SMILES string of the molecule is Cc1ccc(S(=O)(=O)Nc2cc3cn[nH]c3cc2C)cc1. The molecule has 108 valence electrons. The van der Waals surface area contributed by atoms with E-state index < -0.39 is 10.0 Å². The lowest BCUT2D eigenvalue weighted by Gasteiger charge is -2.11. The summed E-state index contributed by atoms with van der Waals surface area (Å²) in [6.07, 6.45) is 1.67. The molecule has 0 fully saturated rings. The van der Waals surface area contributed by atoms with E-state index in [1.807, 2.05) is 19.9 Å². The quantitative estimate of drug-likeness (QED) is 0.781. The number of hydrogen-bond donors (Lipinski definition) is 2. The predicted octanol–water partition coefficient (Wildman–Crippen LogP) is 2.98. The van der Waals surface area contributed by atoms with E-state index in [9.17, 15) is 8.42 Å². The van der Waals surface area contributed by atoms with Gasteiger partial charge in [0.2, 0.25) is 0 Å². The second-order valence-electron chi connectivity index (χ2n) is 5.04. The summed E-state index contributed by atoms with van der Waals surface area (Å²) >= 11 is 0. The van der Waals surface area contributed by atoms with E-state index in [1.54, 1.807) is 36.5 Å². The van der Waals surface area contributed by atoms with Crippen LogP contribution in [0.1, 0.15) is 11.1 Å². The van der Waals surface area contributed by atoms with Crippen LogP contribution < -0.4 is 4.72 Å². The van der Waals surface area contributed by atoms with Crippen LogP contribution in [0.2, 0.25) is 0 Å². The maximum absolute atomic E-state index is 12.4. The second-order valence-corrected chi connectivity index (χ2v) is 6.73. The first-order chi connectivity index (χ1) is 9.95. The Kier molecular flexibility index (Phi) is 3.17. The van der Waals surface area contributed by atoms with Gasteiger partial charge < -0.3 is 0 Å². The maximum Gasteiger partial charge on any atom is 0.261 e. The number of aromatic nitrogens is 2. The van der Waals surface area contributed by atoms with Crippen molar-refractivity contribution in [3.05, 3.63) is 53.7 Å². The lowest BCUT2D eigenvalue weighted by Crippen LogP contribution is -2.13. The van der Waals surface area contributed by atoms with Crippen LogP contribution in [0.3, 0.4) is 0 Å². The molecule has 0 spiro atoms. The van der Waals surface area contributed by atoms with Crippen LogP contribution in [-0.2, 0) is 10.0 Å². The fourth-order valence-corrected chi connectivity index (χ4v) is 3.25. The molecular formula is C15H15N3O2S. The number of aromatic amines is 1. The number of rotatable bonds is 3. The van der Waals surface area contributed by atoms with Gasteiger partial charge in [-0.15, -0.1) is 0 Å². The van der Waals surface area contributed by atoms with Gasteiger partial charge in [-0.25, -0.2) is 8.42 Å². The van der Waals surface area contributed by atoms with Gasteiger partial charge in [0.1, 0.15) is 0 Å². The third-order valence-electron chi connectivity index (χ3n) is 3.36. The van der Waals surface area contributed by atoms with Crippen LogP contribution in [-0.4, -0.2) is 18.6 Å². The van der Waals surface area contributed by atoms with Crippen molar-refractivity contribution in [2.24, 2.45) is 0 Å². The first kappa shape index (κ1) is 13.6. The normalized spacial score (nSPS) is 11.7. The van der Waals surface area contributed by atoms with Crippen LogP contribution in [0.25, 0.3) is 10.9 Å². The standard InChI is InChI=1S/C15H15N3O2S/c1-10-3-5-13(6-4-10)21(19,20)18-14-8-12-9-16-17-15(12)7-11(14)2/h3-9,18H,1-2H3,(H,16,17). The average molecular weight is 301 g/mol. The van der Waals surface area contributed by atoms with Gasteiger partial charge in [-0.2, -0.15) is 5.10 Å². The third-order valence-corrected chi connectivity index (χ3v) is 4.74. The largest absolute Gasteiger partial charge is 0.279 e. The monoisotopic (exact) mass is 301 g/mol. The summed E-state index contributed by atoms with van der Waals surface area (Å²) in [4.78, 5) is 0.250. The number of anilines is 1. The molecule has 0 saturated carbocycles. The first-order valence-electron chi connectivity index (χ1n) is 6.49. The number of fused-ring (bicyclic) bond motifs is 1. The Morgan fingerprint density at radius 1 is 1.10 bits per heavy atom. The van der Waals surface area contributed by atoms with E-state index in [0.717, 1.165) is 22.0 Å². The molecule has 6 heteroatoms. The van der Waals surface area contributed by atoms with Gasteiger partial charge in [0.25, 0.3) is 10.0 Å². The molecule has 0 aliphatic heterocycles. The molecule has 0 bridgehead atoms. The highest BCUT2D eigenvalue weighted by Gasteiger charge is 2.15. The van der Waals surface area contributed by atoms with Crippen molar-refractivity contribution in [3.8, 4) is 0 Å². The molecule has 2 aromatic carbocycles. The van der Waals surface area contributed by atoms with Crippen molar-refractivity contribution >= 4 is 26.6 Å². The zero-order chi connectivity index (χ0) is 15.0. The van der Waals surface area contributed by atoms with E-state index in [2.05, 4.69) is 14.9 Å². The van der Waals surface area contributed by atoms with E-state index >= 15 is 0 Å². The smallest absolute Gasteiger partial charge is 0.261 e. The van der Waals surface area contributed by atoms with Crippen LogP contribution in [0.5, 0.6) is 0 Å². The Labute approximate surface area is 123 Å². The second kappa shape index (κ2) is 4.89. The number of benzene rings is 2. The molecule has 0 aliphatic carbocycles. The summed E-state index contributed by atoms with van der Waals surface area (Å²) in [6.45, 7) is 3.77. The van der Waals surface area contributed by atoms with Crippen LogP contribution >= 0.6 is 0 Å². The van der Waals surface area contributed by atoms with Crippen molar-refractivity contribution in [2.45, 2.75) is 18.7 Å². The Morgan fingerprint density at radius 2 is 1.81 bits per heavy atom. The van der Waals surface area contributed by atoms with Gasteiger partial charge in [0.05, 0.1) is 22.3 Å². The zero-order valence-electron chi connectivity index (χ0n) is 11.7. The molecule has 2 N–H and O–H groups in total. The van der Waals surface area contributed by atoms with Crippen molar-refractivity contribution in [3.63, 3.8) is 0 Å². The molecule has 0 amide bonds. The van der Waals surface area contributed by atoms with Crippen LogP contribution in [0, 0.1) is 13.8 Å². The number of nitrogens with one attached hydrogen (secondary N) is 2. The summed E-state index contributed by atoms with van der Waals surface area (Å²) in [5.41, 5.74) is 3.29. The minimum atomic E-state index is -3.58. The minimum absolute atomic E-state index is 0.250. The number of aryl methyl sites for hydroxylation is 2. The summed E-state index contributed by atoms with van der Waals surface area (Å²) in [5, 5.41) is 7.67.